The van der Waals surface area contributed by atoms with Gasteiger partial charge in [0.1, 0.15) is 11.9 Å². The number of nitrogens with zero attached hydrogens (tertiary/aromatic N) is 2. The van der Waals surface area contributed by atoms with Crippen molar-refractivity contribution in [3.63, 3.8) is 0 Å². The number of likely N-dealkylation sites (tertiary alicyclic amines) is 1. The molecule has 22 heavy (non-hydrogen) atoms. The third-order valence-corrected chi connectivity index (χ3v) is 5.05. The molecule has 7 heteroatoms. The predicted molar refractivity (Wildman–Crippen MR) is 83.6 cm³/mol. The summed E-state index contributed by atoms with van der Waals surface area (Å²) in [4.78, 5) is 14.2. The van der Waals surface area contributed by atoms with Gasteiger partial charge in [0.2, 0.25) is 15.9 Å². The van der Waals surface area contributed by atoms with Gasteiger partial charge in [-0.05, 0) is 38.3 Å². The van der Waals surface area contributed by atoms with Crippen LogP contribution < -0.4 is 4.31 Å². The fourth-order valence-corrected chi connectivity index (χ4v) is 3.95. The molecular formula is C15H21FN2O3S. The van der Waals surface area contributed by atoms with Crippen molar-refractivity contribution in [1.29, 1.82) is 0 Å². The molecule has 0 N–H and O–H groups in total. The smallest absolute Gasteiger partial charge is 0.246 e. The van der Waals surface area contributed by atoms with Crippen LogP contribution in [0.1, 0.15) is 26.2 Å². The third-order valence-electron chi connectivity index (χ3n) is 3.82. The summed E-state index contributed by atoms with van der Waals surface area (Å²) in [5.41, 5.74) is -0.0946. The second kappa shape index (κ2) is 6.64. The van der Waals surface area contributed by atoms with Crippen molar-refractivity contribution in [3.8, 4) is 0 Å². The first-order chi connectivity index (χ1) is 10.3. The van der Waals surface area contributed by atoms with Gasteiger partial charge in [-0.3, -0.25) is 9.10 Å². The van der Waals surface area contributed by atoms with Crippen molar-refractivity contribution in [2.75, 3.05) is 23.7 Å². The van der Waals surface area contributed by atoms with Gasteiger partial charge in [0.05, 0.1) is 11.9 Å². The number of halogens is 1. The zero-order valence-corrected chi connectivity index (χ0v) is 13.6. The predicted octanol–water partition coefficient (Wildman–Crippen LogP) is 1.99. The molecule has 1 aliphatic heterocycles. The molecule has 1 heterocycles. The number of carbonyl (C=O) groups excluding carboxylic acids is 1. The van der Waals surface area contributed by atoms with E-state index in [1.54, 1.807) is 11.0 Å². The minimum atomic E-state index is -3.78. The van der Waals surface area contributed by atoms with Crippen molar-refractivity contribution in [2.24, 2.45) is 0 Å². The van der Waals surface area contributed by atoms with Crippen molar-refractivity contribution >= 4 is 21.6 Å². The van der Waals surface area contributed by atoms with Gasteiger partial charge in [-0.25, -0.2) is 12.8 Å². The van der Waals surface area contributed by atoms with Crippen LogP contribution in [0.4, 0.5) is 10.1 Å². The minimum absolute atomic E-state index is 0.0946. The average Bonchev–Trinajstić information content (AvgIpc) is 2.48. The zero-order valence-electron chi connectivity index (χ0n) is 12.8. The van der Waals surface area contributed by atoms with Gasteiger partial charge < -0.3 is 4.90 Å². The molecule has 1 fully saturated rings. The summed E-state index contributed by atoms with van der Waals surface area (Å²) < 4.78 is 39.1. The Morgan fingerprint density at radius 3 is 2.36 bits per heavy atom. The lowest BCUT2D eigenvalue weighted by atomic mass is 10.1. The van der Waals surface area contributed by atoms with Crippen LogP contribution in [-0.4, -0.2) is 44.6 Å². The van der Waals surface area contributed by atoms with Crippen LogP contribution in [-0.2, 0) is 14.8 Å². The summed E-state index contributed by atoms with van der Waals surface area (Å²) in [5.74, 6) is -0.945. The molecule has 0 aromatic heterocycles. The van der Waals surface area contributed by atoms with Crippen LogP contribution in [0.2, 0.25) is 0 Å². The minimum Gasteiger partial charge on any atom is -0.341 e. The first kappa shape index (κ1) is 16.7. The molecule has 1 aromatic carbocycles. The van der Waals surface area contributed by atoms with E-state index in [-0.39, 0.29) is 11.6 Å². The third kappa shape index (κ3) is 3.58. The van der Waals surface area contributed by atoms with Gasteiger partial charge >= 0.3 is 0 Å². The van der Waals surface area contributed by atoms with Crippen molar-refractivity contribution in [3.05, 3.63) is 30.1 Å². The molecule has 122 valence electrons. The molecule has 1 unspecified atom stereocenters. The maximum atomic E-state index is 14.0. The summed E-state index contributed by atoms with van der Waals surface area (Å²) >= 11 is 0. The Kier molecular flexibility index (Phi) is 5.05. The Morgan fingerprint density at radius 1 is 1.23 bits per heavy atom. The lowest BCUT2D eigenvalue weighted by Gasteiger charge is -2.34. The van der Waals surface area contributed by atoms with E-state index >= 15 is 0 Å². The number of rotatable bonds is 4. The summed E-state index contributed by atoms with van der Waals surface area (Å²) in [5, 5.41) is 0. The molecule has 0 spiro atoms. The highest BCUT2D eigenvalue weighted by Gasteiger charge is 2.33. The second-order valence-corrected chi connectivity index (χ2v) is 7.43. The zero-order chi connectivity index (χ0) is 16.3. The molecule has 1 aliphatic rings. The Morgan fingerprint density at radius 2 is 1.82 bits per heavy atom. The Balaban J connectivity index is 2.34. The number of anilines is 1. The van der Waals surface area contributed by atoms with Crippen molar-refractivity contribution in [2.45, 2.75) is 32.2 Å². The summed E-state index contributed by atoms with van der Waals surface area (Å²) in [6, 6.07) is 4.62. The van der Waals surface area contributed by atoms with E-state index in [4.69, 9.17) is 0 Å². The van der Waals surface area contributed by atoms with Gasteiger partial charge in [-0.1, -0.05) is 12.1 Å². The number of benzene rings is 1. The van der Waals surface area contributed by atoms with E-state index in [1.807, 2.05) is 0 Å². The first-order valence-electron chi connectivity index (χ1n) is 7.35. The van der Waals surface area contributed by atoms with Gasteiger partial charge in [0.15, 0.2) is 0 Å². The number of piperidine rings is 1. The largest absolute Gasteiger partial charge is 0.341 e. The molecule has 0 aliphatic carbocycles. The first-order valence-corrected chi connectivity index (χ1v) is 9.20. The number of carbonyl (C=O) groups is 1. The van der Waals surface area contributed by atoms with Crippen LogP contribution in [0.5, 0.6) is 0 Å². The van der Waals surface area contributed by atoms with E-state index in [0.29, 0.717) is 13.1 Å². The molecule has 5 nitrogen and oxygen atoms in total. The summed E-state index contributed by atoms with van der Waals surface area (Å²) in [6.07, 6.45) is 3.88. The van der Waals surface area contributed by atoms with E-state index in [1.165, 1.54) is 25.1 Å². The van der Waals surface area contributed by atoms with E-state index < -0.39 is 21.9 Å². The molecular weight excluding hydrogens is 307 g/mol. The Hall–Kier alpha value is -1.63. The molecule has 0 bridgehead atoms. The summed E-state index contributed by atoms with van der Waals surface area (Å²) in [7, 11) is -3.78. The summed E-state index contributed by atoms with van der Waals surface area (Å²) in [6.45, 7) is 2.75. The molecule has 1 aromatic rings. The normalized spacial score (nSPS) is 17.1. The number of sulfonamides is 1. The highest BCUT2D eigenvalue weighted by Crippen LogP contribution is 2.25. The molecule has 0 radical (unpaired) electrons. The van der Waals surface area contributed by atoms with Crippen molar-refractivity contribution in [1.82, 2.24) is 4.90 Å². The SMILES string of the molecule is CC(C(=O)N1CCCCC1)N(c1ccccc1F)S(C)(=O)=O. The molecule has 1 atom stereocenters. The van der Waals surface area contributed by atoms with E-state index in [9.17, 15) is 17.6 Å². The Labute approximate surface area is 130 Å². The van der Waals surface area contributed by atoms with Crippen LogP contribution in [0.25, 0.3) is 0 Å². The fourth-order valence-electron chi connectivity index (χ4n) is 2.78. The molecule has 0 saturated carbocycles. The number of para-hydroxylation sites is 1. The quantitative estimate of drug-likeness (QED) is 0.849. The maximum absolute atomic E-state index is 14.0. The van der Waals surface area contributed by atoms with Crippen LogP contribution >= 0.6 is 0 Å². The van der Waals surface area contributed by atoms with Gasteiger partial charge in [0.25, 0.3) is 0 Å². The van der Waals surface area contributed by atoms with Crippen LogP contribution in [0.3, 0.4) is 0 Å². The van der Waals surface area contributed by atoms with Crippen LogP contribution in [0.15, 0.2) is 24.3 Å². The molecule has 1 amide bonds. The second-order valence-electron chi connectivity index (χ2n) is 5.57. The van der Waals surface area contributed by atoms with E-state index in [0.717, 1.165) is 29.8 Å². The highest BCUT2D eigenvalue weighted by atomic mass is 32.2. The van der Waals surface area contributed by atoms with Gasteiger partial charge in [-0.15, -0.1) is 0 Å². The monoisotopic (exact) mass is 328 g/mol. The lowest BCUT2D eigenvalue weighted by Crippen LogP contribution is -2.50. The number of hydrogen-bond acceptors (Lipinski definition) is 3. The molecule has 2 rings (SSSR count). The number of hydrogen-bond donors (Lipinski definition) is 0. The van der Waals surface area contributed by atoms with Gasteiger partial charge in [0, 0.05) is 13.1 Å². The Bertz CT molecular complexity index is 642. The number of amides is 1. The highest BCUT2D eigenvalue weighted by molar-refractivity contribution is 7.92. The average molecular weight is 328 g/mol. The van der Waals surface area contributed by atoms with E-state index in [2.05, 4.69) is 0 Å². The lowest BCUT2D eigenvalue weighted by molar-refractivity contribution is -0.132. The van der Waals surface area contributed by atoms with Crippen molar-refractivity contribution < 1.29 is 17.6 Å². The maximum Gasteiger partial charge on any atom is 0.246 e. The van der Waals surface area contributed by atoms with Crippen LogP contribution in [0, 0.1) is 5.82 Å². The standard InChI is InChI=1S/C15H21FN2O3S/c1-12(15(19)17-10-6-3-7-11-17)18(22(2,20)21)14-9-5-4-8-13(14)16/h4-5,8-9,12H,3,6-7,10-11H2,1-2H3. The van der Waals surface area contributed by atoms with Gasteiger partial charge in [-0.2, -0.15) is 0 Å². The topological polar surface area (TPSA) is 57.7 Å². The molecule has 1 saturated heterocycles. The fraction of sp³-hybridized carbons (Fsp3) is 0.533.